The van der Waals surface area contributed by atoms with Crippen molar-refractivity contribution in [2.24, 2.45) is 0 Å². The van der Waals surface area contributed by atoms with Crippen molar-refractivity contribution in [1.82, 2.24) is 9.97 Å². The summed E-state index contributed by atoms with van der Waals surface area (Å²) >= 11 is 0. The molecule has 1 heterocycles. The van der Waals surface area contributed by atoms with E-state index in [1.807, 2.05) is 24.3 Å². The molecule has 0 aliphatic heterocycles. The SMILES string of the molecule is CCCCCCOc1nc(Nc2ccc(CCCCC)cc2)ncc1C(F)(F)F. The van der Waals surface area contributed by atoms with Gasteiger partial charge < -0.3 is 10.1 Å². The Morgan fingerprint density at radius 2 is 1.62 bits per heavy atom. The number of halogens is 3. The fourth-order valence-electron chi connectivity index (χ4n) is 2.89. The molecule has 0 aliphatic carbocycles. The molecule has 0 amide bonds. The van der Waals surface area contributed by atoms with Crippen molar-refractivity contribution in [3.63, 3.8) is 0 Å². The lowest BCUT2D eigenvalue weighted by molar-refractivity contribution is -0.139. The number of aromatic nitrogens is 2. The van der Waals surface area contributed by atoms with Gasteiger partial charge in [-0.05, 0) is 37.0 Å². The second kappa shape index (κ2) is 11.6. The van der Waals surface area contributed by atoms with E-state index in [0.717, 1.165) is 44.0 Å². The Morgan fingerprint density at radius 1 is 0.931 bits per heavy atom. The highest BCUT2D eigenvalue weighted by atomic mass is 19.4. The average molecular weight is 409 g/mol. The average Bonchev–Trinajstić information content (AvgIpc) is 2.69. The molecule has 1 aromatic carbocycles. The molecule has 0 saturated carbocycles. The van der Waals surface area contributed by atoms with E-state index < -0.39 is 17.6 Å². The smallest absolute Gasteiger partial charge is 0.423 e. The van der Waals surface area contributed by atoms with Gasteiger partial charge in [-0.2, -0.15) is 18.2 Å². The van der Waals surface area contributed by atoms with E-state index in [2.05, 4.69) is 29.1 Å². The predicted octanol–water partition coefficient (Wildman–Crippen LogP) is 6.93. The van der Waals surface area contributed by atoms with Gasteiger partial charge in [0, 0.05) is 11.9 Å². The molecule has 0 aliphatic rings. The Kier molecular flexibility index (Phi) is 9.22. The largest absolute Gasteiger partial charge is 0.477 e. The van der Waals surface area contributed by atoms with Crippen molar-refractivity contribution in [3.8, 4) is 5.88 Å². The number of unbranched alkanes of at least 4 members (excludes halogenated alkanes) is 5. The molecule has 2 rings (SSSR count). The number of anilines is 2. The molecule has 0 fully saturated rings. The van der Waals surface area contributed by atoms with Crippen molar-refractivity contribution in [2.45, 2.75) is 71.4 Å². The van der Waals surface area contributed by atoms with E-state index in [9.17, 15) is 13.2 Å². The maximum Gasteiger partial charge on any atom is 0.423 e. The van der Waals surface area contributed by atoms with Crippen molar-refractivity contribution in [2.75, 3.05) is 11.9 Å². The summed E-state index contributed by atoms with van der Waals surface area (Å²) in [5, 5.41) is 2.96. The molecule has 29 heavy (non-hydrogen) atoms. The summed E-state index contributed by atoms with van der Waals surface area (Å²) < 4.78 is 45.0. The second-order valence-corrected chi connectivity index (χ2v) is 7.10. The van der Waals surface area contributed by atoms with Crippen LogP contribution >= 0.6 is 0 Å². The standard InChI is InChI=1S/C22H30F3N3O/c1-3-5-7-9-15-29-20-19(22(23,24)25)16-26-21(28-20)27-18-13-11-17(12-14-18)10-8-6-4-2/h11-14,16H,3-10,15H2,1-2H3,(H,26,27,28). The Bertz CT molecular complexity index is 733. The van der Waals surface area contributed by atoms with Crippen molar-refractivity contribution < 1.29 is 17.9 Å². The van der Waals surface area contributed by atoms with Crippen LogP contribution in [0.3, 0.4) is 0 Å². The molecule has 7 heteroatoms. The number of nitrogens with one attached hydrogen (secondary N) is 1. The van der Waals surface area contributed by atoms with Gasteiger partial charge in [0.1, 0.15) is 5.56 Å². The van der Waals surface area contributed by atoms with Gasteiger partial charge in [0.25, 0.3) is 0 Å². The lowest BCUT2D eigenvalue weighted by Gasteiger charge is -2.14. The first-order valence-corrected chi connectivity index (χ1v) is 10.4. The van der Waals surface area contributed by atoms with Gasteiger partial charge in [-0.1, -0.05) is 58.1 Å². The zero-order valence-corrected chi connectivity index (χ0v) is 17.2. The third-order valence-corrected chi connectivity index (χ3v) is 4.57. The number of rotatable bonds is 12. The fourth-order valence-corrected chi connectivity index (χ4v) is 2.89. The normalized spacial score (nSPS) is 11.5. The molecular weight excluding hydrogens is 379 g/mol. The zero-order valence-electron chi connectivity index (χ0n) is 17.2. The highest BCUT2D eigenvalue weighted by Gasteiger charge is 2.36. The molecule has 0 atom stereocenters. The first kappa shape index (κ1) is 23.0. The lowest BCUT2D eigenvalue weighted by atomic mass is 10.1. The summed E-state index contributed by atoms with van der Waals surface area (Å²) in [6.45, 7) is 4.44. The molecule has 0 saturated heterocycles. The summed E-state index contributed by atoms with van der Waals surface area (Å²) in [5.41, 5.74) is 0.996. The molecule has 160 valence electrons. The lowest BCUT2D eigenvalue weighted by Crippen LogP contribution is -2.13. The third-order valence-electron chi connectivity index (χ3n) is 4.57. The van der Waals surface area contributed by atoms with E-state index in [4.69, 9.17) is 4.74 Å². The monoisotopic (exact) mass is 409 g/mol. The Morgan fingerprint density at radius 3 is 2.28 bits per heavy atom. The van der Waals surface area contributed by atoms with Crippen LogP contribution in [-0.2, 0) is 12.6 Å². The topological polar surface area (TPSA) is 47.0 Å². The molecule has 0 spiro atoms. The minimum atomic E-state index is -4.56. The van der Waals surface area contributed by atoms with Crippen LogP contribution in [0.2, 0.25) is 0 Å². The molecule has 0 radical (unpaired) electrons. The zero-order chi connectivity index (χ0) is 21.1. The molecule has 2 aromatic rings. The Balaban J connectivity index is 2.05. The van der Waals surface area contributed by atoms with Gasteiger partial charge in [0.05, 0.1) is 6.61 Å². The number of alkyl halides is 3. The highest BCUT2D eigenvalue weighted by molar-refractivity contribution is 5.54. The van der Waals surface area contributed by atoms with Crippen molar-refractivity contribution in [1.29, 1.82) is 0 Å². The van der Waals surface area contributed by atoms with E-state index >= 15 is 0 Å². The minimum absolute atomic E-state index is 0.0836. The van der Waals surface area contributed by atoms with Crippen molar-refractivity contribution in [3.05, 3.63) is 41.6 Å². The van der Waals surface area contributed by atoms with Crippen molar-refractivity contribution >= 4 is 11.6 Å². The van der Waals surface area contributed by atoms with Gasteiger partial charge in [0.15, 0.2) is 0 Å². The number of hydrogen-bond acceptors (Lipinski definition) is 4. The van der Waals surface area contributed by atoms with Crippen LogP contribution in [-0.4, -0.2) is 16.6 Å². The van der Waals surface area contributed by atoms with Crippen LogP contribution in [0.25, 0.3) is 0 Å². The minimum Gasteiger partial charge on any atom is -0.477 e. The van der Waals surface area contributed by atoms with E-state index in [-0.39, 0.29) is 12.6 Å². The molecule has 0 unspecified atom stereocenters. The highest BCUT2D eigenvalue weighted by Crippen LogP contribution is 2.35. The van der Waals surface area contributed by atoms with Crippen LogP contribution in [0.4, 0.5) is 24.8 Å². The summed E-state index contributed by atoms with van der Waals surface area (Å²) in [6.07, 6.45) is 4.43. The van der Waals surface area contributed by atoms with E-state index in [1.54, 1.807) is 0 Å². The quantitative estimate of drug-likeness (QED) is 0.386. The van der Waals surface area contributed by atoms with Crippen LogP contribution in [0.15, 0.2) is 30.5 Å². The van der Waals surface area contributed by atoms with Gasteiger partial charge in [-0.15, -0.1) is 0 Å². The summed E-state index contributed by atoms with van der Waals surface area (Å²) in [4.78, 5) is 7.79. The molecule has 0 bridgehead atoms. The second-order valence-electron chi connectivity index (χ2n) is 7.10. The number of nitrogens with zero attached hydrogens (tertiary/aromatic N) is 2. The van der Waals surface area contributed by atoms with Crippen LogP contribution in [0.5, 0.6) is 5.88 Å². The fraction of sp³-hybridized carbons (Fsp3) is 0.545. The molecular formula is C22H30F3N3O. The van der Waals surface area contributed by atoms with Gasteiger partial charge >= 0.3 is 6.18 Å². The van der Waals surface area contributed by atoms with E-state index in [1.165, 1.54) is 18.4 Å². The summed E-state index contributed by atoms with van der Waals surface area (Å²) in [7, 11) is 0. The molecule has 1 aromatic heterocycles. The molecule has 4 nitrogen and oxygen atoms in total. The summed E-state index contributed by atoms with van der Waals surface area (Å²) in [6, 6.07) is 7.78. The number of aryl methyl sites for hydroxylation is 1. The Hall–Kier alpha value is -2.31. The summed E-state index contributed by atoms with van der Waals surface area (Å²) in [5.74, 6) is -0.344. The number of hydrogen-bond donors (Lipinski definition) is 1. The van der Waals surface area contributed by atoms with Gasteiger partial charge in [0.2, 0.25) is 11.8 Å². The first-order chi connectivity index (χ1) is 13.9. The first-order valence-electron chi connectivity index (χ1n) is 10.4. The maximum atomic E-state index is 13.2. The number of ether oxygens (including phenoxy) is 1. The Labute approximate surface area is 170 Å². The third kappa shape index (κ3) is 7.91. The molecule has 1 N–H and O–H groups in total. The van der Waals surface area contributed by atoms with Gasteiger partial charge in [-0.3, -0.25) is 0 Å². The maximum absolute atomic E-state index is 13.2. The number of benzene rings is 1. The van der Waals surface area contributed by atoms with Crippen LogP contribution in [0.1, 0.15) is 69.9 Å². The van der Waals surface area contributed by atoms with E-state index in [0.29, 0.717) is 6.42 Å². The van der Waals surface area contributed by atoms with Gasteiger partial charge in [-0.25, -0.2) is 4.98 Å². The van der Waals surface area contributed by atoms with Crippen LogP contribution in [0, 0.1) is 0 Å². The predicted molar refractivity (Wildman–Crippen MR) is 110 cm³/mol. The van der Waals surface area contributed by atoms with Crippen LogP contribution < -0.4 is 10.1 Å².